The maximum atomic E-state index is 5.53. The van der Waals surface area contributed by atoms with Gasteiger partial charge < -0.3 is 10.5 Å². The first-order valence-corrected chi connectivity index (χ1v) is 4.49. The molecule has 4 heteroatoms. The van der Waals surface area contributed by atoms with Crippen LogP contribution in [0.1, 0.15) is 19.5 Å². The summed E-state index contributed by atoms with van der Waals surface area (Å²) in [6.07, 6.45) is 0. The van der Waals surface area contributed by atoms with E-state index in [0.29, 0.717) is 19.1 Å². The summed E-state index contributed by atoms with van der Waals surface area (Å²) in [7, 11) is 1.86. The first kappa shape index (κ1) is 10.1. The summed E-state index contributed by atoms with van der Waals surface area (Å²) < 4.78 is 7.24. The lowest BCUT2D eigenvalue weighted by atomic mass is 10.2. The van der Waals surface area contributed by atoms with Crippen molar-refractivity contribution in [3.8, 4) is 5.88 Å². The van der Waals surface area contributed by atoms with E-state index < -0.39 is 0 Å². The van der Waals surface area contributed by atoms with E-state index >= 15 is 0 Å². The van der Waals surface area contributed by atoms with Crippen LogP contribution in [0.2, 0.25) is 0 Å². The zero-order valence-corrected chi connectivity index (χ0v) is 8.45. The third-order valence-electron chi connectivity index (χ3n) is 1.66. The minimum atomic E-state index is 0.457. The van der Waals surface area contributed by atoms with Gasteiger partial charge in [0.1, 0.15) is 0 Å². The number of hydrogen-bond donors (Lipinski definition) is 1. The molecule has 0 saturated heterocycles. The van der Waals surface area contributed by atoms with Crippen LogP contribution in [0.4, 0.5) is 0 Å². The molecule has 0 aliphatic carbocycles. The molecule has 0 aliphatic heterocycles. The molecule has 0 aliphatic rings. The van der Waals surface area contributed by atoms with Gasteiger partial charge in [-0.15, -0.1) is 0 Å². The van der Waals surface area contributed by atoms with Crippen molar-refractivity contribution in [3.63, 3.8) is 0 Å². The van der Waals surface area contributed by atoms with Crippen LogP contribution in [-0.2, 0) is 13.6 Å². The highest BCUT2D eigenvalue weighted by atomic mass is 16.5. The monoisotopic (exact) mass is 183 g/mol. The molecule has 0 aromatic carbocycles. The van der Waals surface area contributed by atoms with E-state index in [1.165, 1.54) is 0 Å². The van der Waals surface area contributed by atoms with Crippen LogP contribution < -0.4 is 10.5 Å². The molecule has 1 aromatic rings. The van der Waals surface area contributed by atoms with Gasteiger partial charge in [-0.2, -0.15) is 5.10 Å². The maximum absolute atomic E-state index is 5.53. The van der Waals surface area contributed by atoms with Crippen LogP contribution in [-0.4, -0.2) is 16.4 Å². The van der Waals surface area contributed by atoms with Crippen molar-refractivity contribution in [1.82, 2.24) is 9.78 Å². The van der Waals surface area contributed by atoms with Crippen LogP contribution in [0, 0.1) is 5.92 Å². The number of ether oxygens (including phenoxy) is 1. The molecular formula is C9H17N3O. The van der Waals surface area contributed by atoms with Crippen molar-refractivity contribution in [3.05, 3.63) is 11.8 Å². The predicted molar refractivity (Wildman–Crippen MR) is 51.4 cm³/mol. The van der Waals surface area contributed by atoms with E-state index in [4.69, 9.17) is 10.5 Å². The molecule has 0 fully saturated rings. The molecular weight excluding hydrogens is 166 g/mol. The molecule has 13 heavy (non-hydrogen) atoms. The largest absolute Gasteiger partial charge is 0.478 e. The minimum absolute atomic E-state index is 0.457. The number of aromatic nitrogens is 2. The van der Waals surface area contributed by atoms with Gasteiger partial charge in [-0.25, -0.2) is 4.68 Å². The summed E-state index contributed by atoms with van der Waals surface area (Å²) in [6, 6.07) is 1.88. The quantitative estimate of drug-likeness (QED) is 0.755. The fraction of sp³-hybridized carbons (Fsp3) is 0.667. The van der Waals surface area contributed by atoms with Crippen LogP contribution in [0.5, 0.6) is 5.88 Å². The SMILES string of the molecule is CC(C)COc1cc(CN)nn1C. The van der Waals surface area contributed by atoms with Crippen molar-refractivity contribution < 1.29 is 4.74 Å². The van der Waals surface area contributed by atoms with Crippen molar-refractivity contribution >= 4 is 0 Å². The summed E-state index contributed by atoms with van der Waals surface area (Å²) in [6.45, 7) is 5.39. The molecule has 0 bridgehead atoms. The number of hydrogen-bond acceptors (Lipinski definition) is 3. The lowest BCUT2D eigenvalue weighted by Gasteiger charge is -2.07. The Kier molecular flexibility index (Phi) is 3.31. The van der Waals surface area contributed by atoms with Crippen molar-refractivity contribution in [2.24, 2.45) is 18.7 Å². The van der Waals surface area contributed by atoms with Gasteiger partial charge in [0.15, 0.2) is 0 Å². The number of aryl methyl sites for hydroxylation is 1. The van der Waals surface area contributed by atoms with E-state index in [9.17, 15) is 0 Å². The number of nitrogens with two attached hydrogens (primary N) is 1. The molecule has 4 nitrogen and oxygen atoms in total. The van der Waals surface area contributed by atoms with Crippen LogP contribution in [0.25, 0.3) is 0 Å². The topological polar surface area (TPSA) is 53.1 Å². The summed E-state index contributed by atoms with van der Waals surface area (Å²) in [4.78, 5) is 0. The third kappa shape index (κ3) is 2.73. The molecule has 1 heterocycles. The number of rotatable bonds is 4. The minimum Gasteiger partial charge on any atom is -0.478 e. The predicted octanol–water partition coefficient (Wildman–Crippen LogP) is 0.914. The highest BCUT2D eigenvalue weighted by Crippen LogP contribution is 2.12. The number of nitrogens with zero attached hydrogens (tertiary/aromatic N) is 2. The summed E-state index contributed by atoms with van der Waals surface area (Å²) >= 11 is 0. The Hall–Kier alpha value is -1.03. The molecule has 0 unspecified atom stereocenters. The van der Waals surface area contributed by atoms with Gasteiger partial charge in [-0.05, 0) is 5.92 Å². The van der Waals surface area contributed by atoms with Crippen molar-refractivity contribution in [2.45, 2.75) is 20.4 Å². The Labute approximate surface area is 78.7 Å². The molecule has 0 radical (unpaired) electrons. The van der Waals surface area contributed by atoms with Gasteiger partial charge in [-0.3, -0.25) is 0 Å². The Bertz CT molecular complexity index is 268. The van der Waals surface area contributed by atoms with Crippen LogP contribution in [0.15, 0.2) is 6.07 Å². The molecule has 74 valence electrons. The molecule has 1 rings (SSSR count). The molecule has 1 aromatic heterocycles. The van der Waals surface area contributed by atoms with Gasteiger partial charge in [0, 0.05) is 19.7 Å². The summed E-state index contributed by atoms with van der Waals surface area (Å²) in [5.74, 6) is 1.31. The van der Waals surface area contributed by atoms with E-state index in [2.05, 4.69) is 18.9 Å². The smallest absolute Gasteiger partial charge is 0.211 e. The highest BCUT2D eigenvalue weighted by molar-refractivity contribution is 5.15. The summed E-state index contributed by atoms with van der Waals surface area (Å²) in [5, 5.41) is 4.17. The first-order valence-electron chi connectivity index (χ1n) is 4.49. The van der Waals surface area contributed by atoms with Crippen LogP contribution in [0.3, 0.4) is 0 Å². The summed E-state index contributed by atoms with van der Waals surface area (Å²) in [5.41, 5.74) is 6.32. The standard InChI is InChI=1S/C9H17N3O/c1-7(2)6-13-9-4-8(5-10)11-12(9)3/h4,7H,5-6,10H2,1-3H3. The second-order valence-corrected chi connectivity index (χ2v) is 3.51. The van der Waals surface area contributed by atoms with Gasteiger partial charge in [0.2, 0.25) is 5.88 Å². The molecule has 0 spiro atoms. The second-order valence-electron chi connectivity index (χ2n) is 3.51. The average molecular weight is 183 g/mol. The Morgan fingerprint density at radius 1 is 1.62 bits per heavy atom. The van der Waals surface area contributed by atoms with E-state index in [1.807, 2.05) is 13.1 Å². The Balaban J connectivity index is 2.60. The second kappa shape index (κ2) is 4.28. The van der Waals surface area contributed by atoms with E-state index in [-0.39, 0.29) is 0 Å². The zero-order valence-electron chi connectivity index (χ0n) is 8.45. The molecule has 0 atom stereocenters. The first-order chi connectivity index (χ1) is 6.13. The van der Waals surface area contributed by atoms with Gasteiger partial charge in [0.25, 0.3) is 0 Å². The fourth-order valence-corrected chi connectivity index (χ4v) is 0.994. The fourth-order valence-electron chi connectivity index (χ4n) is 0.994. The van der Waals surface area contributed by atoms with Crippen molar-refractivity contribution in [2.75, 3.05) is 6.61 Å². The molecule has 0 saturated carbocycles. The van der Waals surface area contributed by atoms with Crippen LogP contribution >= 0.6 is 0 Å². The maximum Gasteiger partial charge on any atom is 0.211 e. The Morgan fingerprint density at radius 3 is 2.77 bits per heavy atom. The normalized spacial score (nSPS) is 10.8. The van der Waals surface area contributed by atoms with Gasteiger partial charge in [0.05, 0.1) is 12.3 Å². The Morgan fingerprint density at radius 2 is 2.31 bits per heavy atom. The van der Waals surface area contributed by atoms with Gasteiger partial charge in [-0.1, -0.05) is 13.8 Å². The molecule has 0 amide bonds. The highest BCUT2D eigenvalue weighted by Gasteiger charge is 2.05. The molecule has 2 N–H and O–H groups in total. The lowest BCUT2D eigenvalue weighted by Crippen LogP contribution is -2.07. The lowest BCUT2D eigenvalue weighted by molar-refractivity contribution is 0.250. The third-order valence-corrected chi connectivity index (χ3v) is 1.66. The van der Waals surface area contributed by atoms with E-state index in [0.717, 1.165) is 11.6 Å². The van der Waals surface area contributed by atoms with Gasteiger partial charge >= 0.3 is 0 Å². The van der Waals surface area contributed by atoms with Crippen molar-refractivity contribution in [1.29, 1.82) is 0 Å². The zero-order chi connectivity index (χ0) is 9.84. The average Bonchev–Trinajstić information content (AvgIpc) is 2.43. The van der Waals surface area contributed by atoms with E-state index in [1.54, 1.807) is 4.68 Å².